The molecular weight excluding hydrogens is 248 g/mol. The number of carbonyl (C=O) groups is 1. The topological polar surface area (TPSA) is 65.6 Å². The Hall–Kier alpha value is -1.82. The van der Waals surface area contributed by atoms with Crippen molar-refractivity contribution in [3.8, 4) is 0 Å². The molecule has 0 unspecified atom stereocenters. The van der Waals surface area contributed by atoms with Gasteiger partial charge in [-0.25, -0.2) is 0 Å². The zero-order valence-corrected chi connectivity index (χ0v) is 11.0. The Morgan fingerprint density at radius 1 is 1.56 bits per heavy atom. The summed E-state index contributed by atoms with van der Waals surface area (Å²) >= 11 is 4.94. The number of amides is 1. The molecule has 2 rings (SSSR count). The number of rotatable bonds is 5. The molecule has 6 heteroatoms. The summed E-state index contributed by atoms with van der Waals surface area (Å²) in [5, 5.41) is 2.89. The van der Waals surface area contributed by atoms with Crippen LogP contribution in [-0.2, 0) is 13.5 Å². The first-order valence-corrected chi connectivity index (χ1v) is 6.24. The summed E-state index contributed by atoms with van der Waals surface area (Å²) in [6.07, 6.45) is 5.45. The van der Waals surface area contributed by atoms with E-state index in [1.165, 1.54) is 0 Å². The predicted molar refractivity (Wildman–Crippen MR) is 72.0 cm³/mol. The number of imidazole rings is 1. The van der Waals surface area contributed by atoms with Gasteiger partial charge in [0.25, 0.3) is 5.91 Å². The van der Waals surface area contributed by atoms with Gasteiger partial charge in [0.05, 0.1) is 0 Å². The van der Waals surface area contributed by atoms with Crippen molar-refractivity contribution in [1.29, 1.82) is 0 Å². The number of hydrogen-bond donors (Lipinski definition) is 3. The molecule has 96 valence electrons. The van der Waals surface area contributed by atoms with E-state index in [1.54, 1.807) is 10.6 Å². The number of carbonyl (C=O) groups excluding carboxylic acids is 1. The van der Waals surface area contributed by atoms with E-state index in [2.05, 4.69) is 15.3 Å². The van der Waals surface area contributed by atoms with E-state index < -0.39 is 0 Å². The van der Waals surface area contributed by atoms with Crippen molar-refractivity contribution >= 4 is 18.1 Å². The first-order chi connectivity index (χ1) is 8.66. The van der Waals surface area contributed by atoms with Crippen LogP contribution in [0, 0.1) is 4.77 Å². The number of aromatic nitrogens is 3. The summed E-state index contributed by atoms with van der Waals surface area (Å²) in [5.41, 5.74) is 1.74. The second-order valence-electron chi connectivity index (χ2n) is 4.13. The maximum atomic E-state index is 11.8. The fourth-order valence-corrected chi connectivity index (χ4v) is 1.96. The lowest BCUT2D eigenvalue weighted by atomic mass is 10.2. The Labute approximate surface area is 110 Å². The van der Waals surface area contributed by atoms with Gasteiger partial charge in [-0.3, -0.25) is 4.79 Å². The molecule has 0 aliphatic carbocycles. The molecule has 1 amide bonds. The Morgan fingerprint density at radius 3 is 3.00 bits per heavy atom. The molecule has 0 aliphatic heterocycles. The van der Waals surface area contributed by atoms with Crippen molar-refractivity contribution < 1.29 is 4.79 Å². The fraction of sp³-hybridized carbons (Fsp3) is 0.333. The zero-order chi connectivity index (χ0) is 13.0. The van der Waals surface area contributed by atoms with Crippen molar-refractivity contribution in [2.24, 2.45) is 7.05 Å². The molecule has 0 fully saturated rings. The number of aromatic amines is 2. The van der Waals surface area contributed by atoms with E-state index in [0.29, 0.717) is 17.0 Å². The highest BCUT2D eigenvalue weighted by atomic mass is 32.1. The lowest BCUT2D eigenvalue weighted by Crippen LogP contribution is -2.26. The first kappa shape index (κ1) is 12.6. The molecule has 2 aromatic heterocycles. The molecule has 0 saturated heterocycles. The van der Waals surface area contributed by atoms with Gasteiger partial charge in [-0.05, 0) is 37.2 Å². The van der Waals surface area contributed by atoms with Crippen LogP contribution in [-0.4, -0.2) is 27.0 Å². The highest BCUT2D eigenvalue weighted by molar-refractivity contribution is 7.71. The molecule has 0 bridgehead atoms. The lowest BCUT2D eigenvalue weighted by Gasteiger charge is -2.05. The monoisotopic (exact) mass is 264 g/mol. The van der Waals surface area contributed by atoms with Crippen LogP contribution in [0.4, 0.5) is 0 Å². The van der Waals surface area contributed by atoms with Crippen LogP contribution in [0.5, 0.6) is 0 Å². The number of hydrogen-bond acceptors (Lipinski definition) is 2. The molecule has 2 aromatic rings. The summed E-state index contributed by atoms with van der Waals surface area (Å²) in [6.45, 7) is 0.649. The highest BCUT2D eigenvalue weighted by Gasteiger charge is 2.07. The minimum absolute atomic E-state index is 0.0375. The van der Waals surface area contributed by atoms with Crippen molar-refractivity contribution in [3.63, 3.8) is 0 Å². The van der Waals surface area contributed by atoms with Gasteiger partial charge in [-0.15, -0.1) is 0 Å². The average molecular weight is 264 g/mol. The van der Waals surface area contributed by atoms with Crippen molar-refractivity contribution in [1.82, 2.24) is 19.9 Å². The number of H-pyrrole nitrogens is 2. The van der Waals surface area contributed by atoms with Gasteiger partial charge in [0.1, 0.15) is 5.69 Å². The van der Waals surface area contributed by atoms with Gasteiger partial charge in [0, 0.05) is 31.7 Å². The number of nitrogens with one attached hydrogen (secondary N) is 3. The van der Waals surface area contributed by atoms with Crippen LogP contribution in [0.1, 0.15) is 22.6 Å². The number of aryl methyl sites for hydroxylation is 2. The maximum absolute atomic E-state index is 11.8. The number of nitrogens with zero attached hydrogens (tertiary/aromatic N) is 1. The third kappa shape index (κ3) is 3.10. The Morgan fingerprint density at radius 2 is 2.39 bits per heavy atom. The molecule has 0 aromatic carbocycles. The minimum Gasteiger partial charge on any atom is -0.351 e. The average Bonchev–Trinajstić information content (AvgIpc) is 2.93. The minimum atomic E-state index is -0.0375. The van der Waals surface area contributed by atoms with E-state index in [1.807, 2.05) is 25.5 Å². The molecule has 3 N–H and O–H groups in total. The van der Waals surface area contributed by atoms with Gasteiger partial charge in [-0.1, -0.05) is 0 Å². The van der Waals surface area contributed by atoms with E-state index in [-0.39, 0.29) is 5.91 Å². The first-order valence-electron chi connectivity index (χ1n) is 5.83. The maximum Gasteiger partial charge on any atom is 0.267 e. The van der Waals surface area contributed by atoms with Gasteiger partial charge in [0.15, 0.2) is 4.77 Å². The van der Waals surface area contributed by atoms with E-state index in [9.17, 15) is 4.79 Å². The van der Waals surface area contributed by atoms with Crippen molar-refractivity contribution in [2.75, 3.05) is 6.54 Å². The quantitative estimate of drug-likeness (QED) is 0.569. The Bertz CT molecular complexity index is 581. The van der Waals surface area contributed by atoms with Gasteiger partial charge in [0.2, 0.25) is 0 Å². The van der Waals surface area contributed by atoms with E-state index in [0.717, 1.165) is 18.5 Å². The van der Waals surface area contributed by atoms with Gasteiger partial charge in [-0.2, -0.15) is 0 Å². The smallest absolute Gasteiger partial charge is 0.267 e. The summed E-state index contributed by atoms with van der Waals surface area (Å²) in [4.78, 5) is 17.7. The summed E-state index contributed by atoms with van der Waals surface area (Å²) in [7, 11) is 1.86. The van der Waals surface area contributed by atoms with Gasteiger partial charge < -0.3 is 19.9 Å². The van der Waals surface area contributed by atoms with E-state index >= 15 is 0 Å². The molecule has 0 saturated carbocycles. The zero-order valence-electron chi connectivity index (χ0n) is 10.2. The van der Waals surface area contributed by atoms with Crippen LogP contribution in [0.2, 0.25) is 0 Å². The van der Waals surface area contributed by atoms with Crippen LogP contribution in [0.3, 0.4) is 0 Å². The lowest BCUT2D eigenvalue weighted by molar-refractivity contribution is 0.0945. The van der Waals surface area contributed by atoms with Crippen LogP contribution in [0.15, 0.2) is 24.5 Å². The second kappa shape index (κ2) is 5.68. The summed E-state index contributed by atoms with van der Waals surface area (Å²) < 4.78 is 2.44. The van der Waals surface area contributed by atoms with Crippen molar-refractivity contribution in [2.45, 2.75) is 12.8 Å². The molecule has 0 spiro atoms. The molecule has 5 nitrogen and oxygen atoms in total. The third-order valence-corrected chi connectivity index (χ3v) is 2.96. The van der Waals surface area contributed by atoms with Crippen LogP contribution >= 0.6 is 12.2 Å². The largest absolute Gasteiger partial charge is 0.351 e. The second-order valence-corrected chi connectivity index (χ2v) is 4.54. The van der Waals surface area contributed by atoms with Crippen molar-refractivity contribution in [3.05, 3.63) is 40.7 Å². The molecule has 0 atom stereocenters. The SMILES string of the molecule is Cn1cccc1C(=O)NCCCc1c[nH]c(=S)[nH]1. The predicted octanol–water partition coefficient (Wildman–Crippen LogP) is 1.77. The van der Waals surface area contributed by atoms with Crippen LogP contribution in [0.25, 0.3) is 0 Å². The molecule has 2 heterocycles. The molecule has 0 radical (unpaired) electrons. The Balaban J connectivity index is 1.74. The molecule has 0 aliphatic rings. The highest BCUT2D eigenvalue weighted by Crippen LogP contribution is 2.00. The standard InChI is InChI=1S/C12H16N4OS/c1-16-7-3-5-10(16)11(17)13-6-2-4-9-8-14-12(18)15-9/h3,5,7-8H,2,4,6H2,1H3,(H,13,17)(H2,14,15,18). The third-order valence-electron chi connectivity index (χ3n) is 2.74. The Kier molecular flexibility index (Phi) is 3.99. The fourth-order valence-electron chi connectivity index (χ4n) is 1.77. The van der Waals surface area contributed by atoms with Gasteiger partial charge >= 0.3 is 0 Å². The molecule has 18 heavy (non-hydrogen) atoms. The molecular formula is C12H16N4OS. The summed E-state index contributed by atoms with van der Waals surface area (Å²) in [6, 6.07) is 3.66. The van der Waals surface area contributed by atoms with Crippen LogP contribution < -0.4 is 5.32 Å². The normalized spacial score (nSPS) is 10.5. The summed E-state index contributed by atoms with van der Waals surface area (Å²) in [5.74, 6) is -0.0375. The van der Waals surface area contributed by atoms with E-state index in [4.69, 9.17) is 12.2 Å².